The van der Waals surface area contributed by atoms with Gasteiger partial charge in [-0.15, -0.1) is 0 Å². The monoisotopic (exact) mass is 222 g/mol. The predicted octanol–water partition coefficient (Wildman–Crippen LogP) is 3.47. The smallest absolute Gasteiger partial charge is 0.0656 e. The zero-order valence-electron chi connectivity index (χ0n) is 11.2. The molecule has 0 aliphatic heterocycles. The fraction of sp³-hybridized carbons (Fsp3) is 1.00. The van der Waals surface area contributed by atoms with Crippen LogP contribution >= 0.6 is 0 Å². The van der Waals surface area contributed by atoms with Crippen LogP contribution in [0.15, 0.2) is 0 Å². The van der Waals surface area contributed by atoms with Crippen molar-refractivity contribution in [3.63, 3.8) is 0 Å². The summed E-state index contributed by atoms with van der Waals surface area (Å²) in [6, 6.07) is 0. The Hall–Kier alpha value is -0.0400. The van der Waals surface area contributed by atoms with E-state index in [9.17, 15) is 5.11 Å². The van der Waals surface area contributed by atoms with Crippen molar-refractivity contribution in [2.45, 2.75) is 59.0 Å². The molecular weight excluding hydrogens is 196 g/mol. The predicted molar refractivity (Wildman–Crippen MR) is 66.0 cm³/mol. The van der Waals surface area contributed by atoms with Crippen LogP contribution in [0.25, 0.3) is 0 Å². The topological polar surface area (TPSA) is 20.2 Å². The van der Waals surface area contributed by atoms with Gasteiger partial charge < -0.3 is 5.11 Å². The first-order chi connectivity index (χ1) is 7.41. The van der Waals surface area contributed by atoms with Crippen molar-refractivity contribution in [3.05, 3.63) is 0 Å². The van der Waals surface area contributed by atoms with Crippen LogP contribution < -0.4 is 0 Å². The van der Waals surface area contributed by atoms with E-state index in [1.54, 1.807) is 0 Å². The highest BCUT2D eigenvalue weighted by atomic mass is 16.3. The summed E-state index contributed by atoms with van der Waals surface area (Å²) in [6.07, 6.45) is 5.13. The van der Waals surface area contributed by atoms with E-state index < -0.39 is 0 Å². The van der Waals surface area contributed by atoms with Gasteiger partial charge in [-0.2, -0.15) is 0 Å². The van der Waals surface area contributed by atoms with E-state index >= 15 is 0 Å². The number of rotatable bonds is 1. The Balaban J connectivity index is 1.92. The van der Waals surface area contributed by atoms with Crippen LogP contribution in [0.5, 0.6) is 0 Å². The second-order valence-corrected chi connectivity index (χ2v) is 7.36. The van der Waals surface area contributed by atoms with Gasteiger partial charge in [-0.3, -0.25) is 0 Å². The van der Waals surface area contributed by atoms with Crippen molar-refractivity contribution in [1.29, 1.82) is 0 Å². The Labute approximate surface area is 99.6 Å². The minimum Gasteiger partial charge on any atom is -0.390 e. The van der Waals surface area contributed by atoms with Crippen molar-refractivity contribution >= 4 is 0 Å². The molecule has 3 fully saturated rings. The Morgan fingerprint density at radius 2 is 1.88 bits per heavy atom. The molecule has 2 unspecified atom stereocenters. The maximum Gasteiger partial charge on any atom is 0.0656 e. The molecule has 3 aliphatic carbocycles. The molecule has 0 aromatic heterocycles. The van der Waals surface area contributed by atoms with E-state index in [0.717, 1.165) is 30.1 Å². The Bertz CT molecular complexity index is 307. The van der Waals surface area contributed by atoms with E-state index in [2.05, 4.69) is 27.7 Å². The molecule has 3 saturated carbocycles. The Morgan fingerprint density at radius 3 is 2.50 bits per heavy atom. The summed E-state index contributed by atoms with van der Waals surface area (Å²) in [5.41, 5.74) is 0.201. The van der Waals surface area contributed by atoms with Gasteiger partial charge in [0.1, 0.15) is 0 Å². The van der Waals surface area contributed by atoms with Crippen LogP contribution in [0.2, 0.25) is 0 Å². The Kier molecular flexibility index (Phi) is 2.11. The highest BCUT2D eigenvalue weighted by Gasteiger charge is 2.77. The van der Waals surface area contributed by atoms with Gasteiger partial charge in [0, 0.05) is 0 Å². The average Bonchev–Trinajstić information content (AvgIpc) is 2.79. The largest absolute Gasteiger partial charge is 0.390 e. The lowest BCUT2D eigenvalue weighted by molar-refractivity contribution is 0.0291. The molecule has 3 rings (SSSR count). The van der Waals surface area contributed by atoms with Crippen LogP contribution in [-0.2, 0) is 0 Å². The first-order valence-corrected chi connectivity index (χ1v) is 7.13. The first-order valence-electron chi connectivity index (χ1n) is 7.13. The molecular formula is C15H26O. The molecule has 3 aliphatic rings. The molecule has 0 saturated heterocycles. The van der Waals surface area contributed by atoms with Gasteiger partial charge in [0.05, 0.1) is 5.60 Å². The number of hydrogen-bond donors (Lipinski definition) is 1. The molecule has 0 amide bonds. The zero-order valence-corrected chi connectivity index (χ0v) is 11.2. The van der Waals surface area contributed by atoms with E-state index in [0.29, 0.717) is 11.3 Å². The lowest BCUT2D eigenvalue weighted by atomic mass is 9.69. The molecule has 0 heterocycles. The van der Waals surface area contributed by atoms with Crippen LogP contribution in [0, 0.1) is 35.0 Å². The zero-order chi connectivity index (χ0) is 11.7. The van der Waals surface area contributed by atoms with E-state index in [4.69, 9.17) is 0 Å². The SMILES string of the molecule is CC(C)[C@@H]1CC[C@@H](C)[C@@]23CCC(C)(O)C2[C@@H]13. The van der Waals surface area contributed by atoms with Crippen LogP contribution in [0.1, 0.15) is 53.4 Å². The summed E-state index contributed by atoms with van der Waals surface area (Å²) < 4.78 is 0. The third-order valence-corrected chi connectivity index (χ3v) is 6.35. The molecule has 1 spiro atoms. The maximum absolute atomic E-state index is 10.5. The van der Waals surface area contributed by atoms with Crippen molar-refractivity contribution in [3.8, 4) is 0 Å². The summed E-state index contributed by atoms with van der Waals surface area (Å²) >= 11 is 0. The van der Waals surface area contributed by atoms with Crippen molar-refractivity contribution in [1.82, 2.24) is 0 Å². The van der Waals surface area contributed by atoms with Crippen LogP contribution in [-0.4, -0.2) is 10.7 Å². The van der Waals surface area contributed by atoms with E-state index in [1.807, 2.05) is 0 Å². The lowest BCUT2D eigenvalue weighted by Crippen LogP contribution is -2.30. The number of hydrogen-bond acceptors (Lipinski definition) is 1. The first kappa shape index (κ1) is 11.1. The summed E-state index contributed by atoms with van der Waals surface area (Å²) in [4.78, 5) is 0. The highest BCUT2D eigenvalue weighted by molar-refractivity contribution is 5.26. The van der Waals surface area contributed by atoms with Crippen molar-refractivity contribution in [2.75, 3.05) is 0 Å². The molecule has 1 N–H and O–H groups in total. The minimum atomic E-state index is -0.351. The Morgan fingerprint density at radius 1 is 1.19 bits per heavy atom. The van der Waals surface area contributed by atoms with Gasteiger partial charge in [-0.25, -0.2) is 0 Å². The molecule has 16 heavy (non-hydrogen) atoms. The van der Waals surface area contributed by atoms with Gasteiger partial charge in [0.2, 0.25) is 0 Å². The second kappa shape index (κ2) is 3.04. The molecule has 6 atom stereocenters. The molecule has 0 radical (unpaired) electrons. The standard InChI is InChI=1S/C15H26O/c1-9(2)11-6-5-10(3)15-8-7-14(4,16)13(15)12(11)15/h9-13,16H,5-8H2,1-4H3/t10-,11+,12-,13?,14?,15-/m1/s1. The quantitative estimate of drug-likeness (QED) is 0.720. The molecule has 1 heteroatoms. The van der Waals surface area contributed by atoms with Crippen LogP contribution in [0.4, 0.5) is 0 Å². The van der Waals surface area contributed by atoms with Gasteiger partial charge in [-0.05, 0) is 67.6 Å². The highest BCUT2D eigenvalue weighted by Crippen LogP contribution is 2.80. The van der Waals surface area contributed by atoms with Gasteiger partial charge in [0.25, 0.3) is 0 Å². The molecule has 0 bridgehead atoms. The molecule has 0 aromatic carbocycles. The third-order valence-electron chi connectivity index (χ3n) is 6.35. The van der Waals surface area contributed by atoms with Gasteiger partial charge >= 0.3 is 0 Å². The third kappa shape index (κ3) is 1.11. The van der Waals surface area contributed by atoms with Crippen LogP contribution in [0.3, 0.4) is 0 Å². The minimum absolute atomic E-state index is 0.351. The van der Waals surface area contributed by atoms with E-state index in [1.165, 1.54) is 19.3 Å². The number of fused-ring (bicyclic) bond motifs is 1. The van der Waals surface area contributed by atoms with E-state index in [-0.39, 0.29) is 5.60 Å². The lowest BCUT2D eigenvalue weighted by Gasteiger charge is -2.36. The van der Waals surface area contributed by atoms with Crippen molar-refractivity contribution < 1.29 is 5.11 Å². The summed E-state index contributed by atoms with van der Waals surface area (Å²) in [5, 5.41) is 10.5. The second-order valence-electron chi connectivity index (χ2n) is 7.36. The van der Waals surface area contributed by atoms with Crippen molar-refractivity contribution in [2.24, 2.45) is 35.0 Å². The summed E-state index contributed by atoms with van der Waals surface area (Å²) in [7, 11) is 0. The summed E-state index contributed by atoms with van der Waals surface area (Å²) in [5.74, 6) is 4.01. The fourth-order valence-corrected chi connectivity index (χ4v) is 5.57. The van der Waals surface area contributed by atoms with Gasteiger partial charge in [-0.1, -0.05) is 20.8 Å². The normalized spacial score (nSPS) is 59.6. The average molecular weight is 222 g/mol. The molecule has 1 nitrogen and oxygen atoms in total. The molecule has 92 valence electrons. The maximum atomic E-state index is 10.5. The fourth-order valence-electron chi connectivity index (χ4n) is 5.57. The molecule has 0 aromatic rings. The number of aliphatic hydroxyl groups is 1. The summed E-state index contributed by atoms with van der Waals surface area (Å²) in [6.45, 7) is 9.27. The van der Waals surface area contributed by atoms with Gasteiger partial charge in [0.15, 0.2) is 0 Å².